The third-order valence-electron chi connectivity index (χ3n) is 3.17. The molecule has 1 saturated heterocycles. The molecule has 1 fully saturated rings. The highest BCUT2D eigenvalue weighted by Crippen LogP contribution is 2.13. The van der Waals surface area contributed by atoms with Gasteiger partial charge in [0.05, 0.1) is 6.61 Å². The Labute approximate surface area is 114 Å². The van der Waals surface area contributed by atoms with E-state index in [1.807, 2.05) is 31.2 Å². The quantitative estimate of drug-likeness (QED) is 0.853. The van der Waals surface area contributed by atoms with E-state index in [1.165, 1.54) is 5.56 Å². The average Bonchev–Trinajstić information content (AvgIpc) is 2.95. The molecule has 0 bridgehead atoms. The molecular weight excluding hydrogens is 242 g/mol. The van der Waals surface area contributed by atoms with Crippen LogP contribution >= 0.6 is 0 Å². The second-order valence-electron chi connectivity index (χ2n) is 4.62. The van der Waals surface area contributed by atoms with Crippen molar-refractivity contribution in [3.8, 4) is 5.75 Å². The van der Waals surface area contributed by atoms with E-state index in [0.29, 0.717) is 19.8 Å². The van der Waals surface area contributed by atoms with Gasteiger partial charge in [0, 0.05) is 13.2 Å². The van der Waals surface area contributed by atoms with Gasteiger partial charge in [-0.2, -0.15) is 0 Å². The number of hydrogen-bond donors (Lipinski definition) is 1. The molecule has 0 aromatic heterocycles. The fraction of sp³-hybridized carbons (Fsp3) is 0.533. The van der Waals surface area contributed by atoms with Crippen molar-refractivity contribution in [3.05, 3.63) is 29.8 Å². The Morgan fingerprint density at radius 1 is 1.42 bits per heavy atom. The highest BCUT2D eigenvalue weighted by Gasteiger charge is 2.22. The fourth-order valence-electron chi connectivity index (χ4n) is 2.15. The van der Waals surface area contributed by atoms with Gasteiger partial charge in [0.2, 0.25) is 5.91 Å². The van der Waals surface area contributed by atoms with Crippen LogP contribution in [0.15, 0.2) is 24.3 Å². The van der Waals surface area contributed by atoms with Gasteiger partial charge < -0.3 is 14.8 Å². The van der Waals surface area contributed by atoms with Crippen LogP contribution < -0.4 is 10.1 Å². The number of nitrogens with one attached hydrogen (secondary N) is 1. The van der Waals surface area contributed by atoms with Crippen molar-refractivity contribution in [1.82, 2.24) is 5.32 Å². The Balaban J connectivity index is 1.71. The molecule has 1 heterocycles. The Morgan fingerprint density at radius 2 is 2.21 bits per heavy atom. The molecule has 19 heavy (non-hydrogen) atoms. The average molecular weight is 263 g/mol. The lowest BCUT2D eigenvalue weighted by atomic mass is 10.1. The summed E-state index contributed by atoms with van der Waals surface area (Å²) in [5, 5.41) is 2.92. The lowest BCUT2D eigenvalue weighted by molar-refractivity contribution is -0.129. The minimum absolute atomic E-state index is 0.0171. The zero-order valence-electron chi connectivity index (χ0n) is 11.4. The molecular formula is C15H21NO3. The first-order valence-electron chi connectivity index (χ1n) is 6.90. The summed E-state index contributed by atoms with van der Waals surface area (Å²) in [4.78, 5) is 11.7. The topological polar surface area (TPSA) is 47.6 Å². The number of rotatable bonds is 6. The Kier molecular flexibility index (Phi) is 5.21. The molecule has 1 N–H and O–H groups in total. The first-order chi connectivity index (χ1) is 9.29. The van der Waals surface area contributed by atoms with E-state index >= 15 is 0 Å². The Morgan fingerprint density at radius 3 is 2.84 bits per heavy atom. The lowest BCUT2D eigenvalue weighted by Gasteiger charge is -2.10. The highest BCUT2D eigenvalue weighted by atomic mass is 16.5. The molecule has 1 aliphatic rings. The SMILES string of the molecule is CCOc1ccc(CCNC(=O)C2CCCO2)cc1. The van der Waals surface area contributed by atoms with E-state index in [0.717, 1.165) is 25.0 Å². The van der Waals surface area contributed by atoms with Gasteiger partial charge in [-0.15, -0.1) is 0 Å². The summed E-state index contributed by atoms with van der Waals surface area (Å²) < 4.78 is 10.7. The molecule has 1 aromatic carbocycles. The first kappa shape index (κ1) is 13.9. The Hall–Kier alpha value is -1.55. The third kappa shape index (κ3) is 4.24. The summed E-state index contributed by atoms with van der Waals surface area (Å²) in [7, 11) is 0. The molecule has 1 aliphatic heterocycles. The van der Waals surface area contributed by atoms with Gasteiger partial charge in [0.1, 0.15) is 11.9 Å². The van der Waals surface area contributed by atoms with Crippen molar-refractivity contribution >= 4 is 5.91 Å². The highest BCUT2D eigenvalue weighted by molar-refractivity contribution is 5.80. The molecule has 104 valence electrons. The van der Waals surface area contributed by atoms with Crippen molar-refractivity contribution in [3.63, 3.8) is 0 Å². The summed E-state index contributed by atoms with van der Waals surface area (Å²) in [6.07, 6.45) is 2.41. The van der Waals surface area contributed by atoms with Crippen LogP contribution in [0.25, 0.3) is 0 Å². The summed E-state index contributed by atoms with van der Waals surface area (Å²) in [6, 6.07) is 7.98. The van der Waals surface area contributed by atoms with Crippen molar-refractivity contribution in [2.75, 3.05) is 19.8 Å². The summed E-state index contributed by atoms with van der Waals surface area (Å²) in [6.45, 7) is 4.00. The number of carbonyl (C=O) groups is 1. The maximum atomic E-state index is 11.7. The monoisotopic (exact) mass is 263 g/mol. The van der Waals surface area contributed by atoms with E-state index in [2.05, 4.69) is 5.32 Å². The summed E-state index contributed by atoms with van der Waals surface area (Å²) in [5.41, 5.74) is 1.19. The Bertz CT molecular complexity index is 396. The standard InChI is InChI=1S/C15H21NO3/c1-2-18-13-7-5-12(6-8-13)9-10-16-15(17)14-4-3-11-19-14/h5-8,14H,2-4,9-11H2,1H3,(H,16,17). The number of hydrogen-bond acceptors (Lipinski definition) is 3. The van der Waals surface area contributed by atoms with Gasteiger partial charge in [-0.1, -0.05) is 12.1 Å². The molecule has 1 amide bonds. The van der Waals surface area contributed by atoms with E-state index in [9.17, 15) is 4.79 Å². The maximum Gasteiger partial charge on any atom is 0.249 e. The van der Waals surface area contributed by atoms with E-state index in [1.54, 1.807) is 0 Å². The van der Waals surface area contributed by atoms with Crippen molar-refractivity contribution in [1.29, 1.82) is 0 Å². The summed E-state index contributed by atoms with van der Waals surface area (Å²) in [5.74, 6) is 0.901. The van der Waals surface area contributed by atoms with Crippen LogP contribution in [0.1, 0.15) is 25.3 Å². The van der Waals surface area contributed by atoms with Crippen LogP contribution in [-0.2, 0) is 16.0 Å². The normalized spacial score (nSPS) is 18.3. The molecule has 1 atom stereocenters. The van der Waals surface area contributed by atoms with E-state index < -0.39 is 0 Å². The largest absolute Gasteiger partial charge is 0.494 e. The molecule has 0 spiro atoms. The van der Waals surface area contributed by atoms with Crippen LogP contribution in [0.4, 0.5) is 0 Å². The maximum absolute atomic E-state index is 11.7. The van der Waals surface area contributed by atoms with Gasteiger partial charge in [-0.25, -0.2) is 0 Å². The third-order valence-corrected chi connectivity index (χ3v) is 3.17. The predicted octanol–water partition coefficient (Wildman–Crippen LogP) is 1.92. The molecule has 0 aliphatic carbocycles. The zero-order valence-corrected chi connectivity index (χ0v) is 11.4. The zero-order chi connectivity index (χ0) is 13.5. The molecule has 0 saturated carbocycles. The van der Waals surface area contributed by atoms with Gasteiger partial charge in [0.15, 0.2) is 0 Å². The number of benzene rings is 1. The fourth-order valence-corrected chi connectivity index (χ4v) is 2.15. The minimum Gasteiger partial charge on any atom is -0.494 e. The number of ether oxygens (including phenoxy) is 2. The number of amides is 1. The minimum atomic E-state index is -0.236. The summed E-state index contributed by atoms with van der Waals surface area (Å²) >= 11 is 0. The molecule has 0 radical (unpaired) electrons. The molecule has 1 aromatic rings. The lowest BCUT2D eigenvalue weighted by Crippen LogP contribution is -2.35. The van der Waals surface area contributed by atoms with Crippen molar-refractivity contribution < 1.29 is 14.3 Å². The van der Waals surface area contributed by atoms with Gasteiger partial charge in [-0.3, -0.25) is 4.79 Å². The molecule has 2 rings (SSSR count). The van der Waals surface area contributed by atoms with Crippen LogP contribution in [0.2, 0.25) is 0 Å². The smallest absolute Gasteiger partial charge is 0.249 e. The van der Waals surface area contributed by atoms with Crippen LogP contribution in [-0.4, -0.2) is 31.8 Å². The molecule has 4 heteroatoms. The number of carbonyl (C=O) groups excluding carboxylic acids is 1. The van der Waals surface area contributed by atoms with Crippen molar-refractivity contribution in [2.24, 2.45) is 0 Å². The van der Waals surface area contributed by atoms with Crippen LogP contribution in [0.3, 0.4) is 0 Å². The van der Waals surface area contributed by atoms with Crippen LogP contribution in [0, 0.1) is 0 Å². The first-order valence-corrected chi connectivity index (χ1v) is 6.90. The molecule has 1 unspecified atom stereocenters. The predicted molar refractivity (Wildman–Crippen MR) is 73.3 cm³/mol. The molecule has 4 nitrogen and oxygen atoms in total. The van der Waals surface area contributed by atoms with Gasteiger partial charge in [-0.05, 0) is 43.9 Å². The second kappa shape index (κ2) is 7.14. The van der Waals surface area contributed by atoms with Gasteiger partial charge >= 0.3 is 0 Å². The van der Waals surface area contributed by atoms with Crippen LogP contribution in [0.5, 0.6) is 5.75 Å². The van der Waals surface area contributed by atoms with Gasteiger partial charge in [0.25, 0.3) is 0 Å². The van der Waals surface area contributed by atoms with E-state index in [-0.39, 0.29) is 12.0 Å². The second-order valence-corrected chi connectivity index (χ2v) is 4.62. The van der Waals surface area contributed by atoms with E-state index in [4.69, 9.17) is 9.47 Å². The van der Waals surface area contributed by atoms with Crippen molar-refractivity contribution in [2.45, 2.75) is 32.3 Å².